The molecule has 1 aliphatic carbocycles. The van der Waals surface area contributed by atoms with Gasteiger partial charge in [0, 0.05) is 22.3 Å². The standard InChI is InChI=1S/C29H29N3OS/c1-2-20-14-16-22(17-15-20)30-29(33)32-19-24-23-11-6-7-13-26(23)34-28(24)31-18-8-12-25(31)27(32)21-9-4-3-5-10-21/h3-5,8-10,12,14-18,27H,2,6-7,11,13,19H2,1H3,(H,30,33). The molecule has 5 heteroatoms. The molecule has 1 unspecified atom stereocenters. The van der Waals surface area contributed by atoms with Crippen molar-refractivity contribution in [2.24, 2.45) is 0 Å². The average molecular weight is 468 g/mol. The van der Waals surface area contributed by atoms with Crippen LogP contribution in [0.4, 0.5) is 10.5 Å². The van der Waals surface area contributed by atoms with E-state index in [9.17, 15) is 4.79 Å². The molecular formula is C29H29N3OS. The summed E-state index contributed by atoms with van der Waals surface area (Å²) in [5, 5.41) is 4.49. The molecule has 2 aromatic carbocycles. The summed E-state index contributed by atoms with van der Waals surface area (Å²) in [6.45, 7) is 2.75. The number of hydrogen-bond acceptors (Lipinski definition) is 2. The number of amides is 2. The number of aromatic nitrogens is 1. The first-order valence-corrected chi connectivity index (χ1v) is 13.1. The van der Waals surface area contributed by atoms with Crippen LogP contribution in [0.3, 0.4) is 0 Å². The molecule has 6 rings (SSSR count). The number of carbonyl (C=O) groups is 1. The molecule has 3 heterocycles. The SMILES string of the molecule is CCc1ccc(NC(=O)N2Cc3c(sc4c3CCCC4)-n3cccc3C2c2ccccc2)cc1. The summed E-state index contributed by atoms with van der Waals surface area (Å²) in [7, 11) is 0. The lowest BCUT2D eigenvalue weighted by Crippen LogP contribution is -2.38. The van der Waals surface area contributed by atoms with Crippen LogP contribution in [-0.4, -0.2) is 15.5 Å². The highest BCUT2D eigenvalue weighted by atomic mass is 32.1. The van der Waals surface area contributed by atoms with E-state index < -0.39 is 0 Å². The lowest BCUT2D eigenvalue weighted by molar-refractivity contribution is 0.194. The van der Waals surface area contributed by atoms with E-state index in [1.807, 2.05) is 34.4 Å². The highest BCUT2D eigenvalue weighted by molar-refractivity contribution is 7.15. The van der Waals surface area contributed by atoms with Crippen molar-refractivity contribution in [1.82, 2.24) is 9.47 Å². The van der Waals surface area contributed by atoms with Crippen LogP contribution < -0.4 is 5.32 Å². The van der Waals surface area contributed by atoms with Crippen LogP contribution in [0.2, 0.25) is 0 Å². The predicted molar refractivity (Wildman–Crippen MR) is 139 cm³/mol. The Balaban J connectivity index is 1.46. The molecule has 2 aliphatic rings. The van der Waals surface area contributed by atoms with E-state index >= 15 is 0 Å². The van der Waals surface area contributed by atoms with E-state index in [0.717, 1.165) is 36.2 Å². The third-order valence-electron chi connectivity index (χ3n) is 7.17. The van der Waals surface area contributed by atoms with E-state index in [-0.39, 0.29) is 12.1 Å². The molecule has 0 radical (unpaired) electrons. The lowest BCUT2D eigenvalue weighted by Gasteiger charge is -2.31. The molecule has 34 heavy (non-hydrogen) atoms. The molecule has 4 aromatic rings. The Morgan fingerprint density at radius 2 is 1.76 bits per heavy atom. The second-order valence-corrected chi connectivity index (χ2v) is 10.3. The molecule has 1 aliphatic heterocycles. The van der Waals surface area contributed by atoms with Gasteiger partial charge in [0.1, 0.15) is 5.00 Å². The number of fused-ring (bicyclic) bond motifs is 5. The summed E-state index contributed by atoms with van der Waals surface area (Å²) in [6, 6.07) is 22.7. The third kappa shape index (κ3) is 3.64. The van der Waals surface area contributed by atoms with Crippen molar-refractivity contribution in [1.29, 1.82) is 0 Å². The summed E-state index contributed by atoms with van der Waals surface area (Å²) in [5.41, 5.74) is 7.17. The topological polar surface area (TPSA) is 37.3 Å². The van der Waals surface area contributed by atoms with Gasteiger partial charge in [0.25, 0.3) is 0 Å². The molecule has 0 bridgehead atoms. The first kappa shape index (κ1) is 21.2. The second kappa shape index (κ2) is 8.80. The number of benzene rings is 2. The molecule has 2 amide bonds. The normalized spacial score (nSPS) is 16.9. The first-order chi connectivity index (χ1) is 16.7. The van der Waals surface area contributed by atoms with Gasteiger partial charge in [0.05, 0.1) is 18.3 Å². The molecule has 1 atom stereocenters. The Bertz CT molecular complexity index is 1320. The van der Waals surface area contributed by atoms with Crippen molar-refractivity contribution in [2.75, 3.05) is 5.32 Å². The van der Waals surface area contributed by atoms with Crippen LogP contribution in [0.25, 0.3) is 5.00 Å². The van der Waals surface area contributed by atoms with Crippen LogP contribution in [0.15, 0.2) is 72.9 Å². The van der Waals surface area contributed by atoms with Crippen molar-refractivity contribution >= 4 is 23.1 Å². The maximum Gasteiger partial charge on any atom is 0.322 e. The van der Waals surface area contributed by atoms with E-state index in [2.05, 4.69) is 71.5 Å². The minimum absolute atomic E-state index is 0.0607. The maximum atomic E-state index is 13.9. The van der Waals surface area contributed by atoms with Crippen molar-refractivity contribution in [3.8, 4) is 5.00 Å². The number of thiophene rings is 1. The smallest absolute Gasteiger partial charge is 0.310 e. The number of aryl methyl sites for hydroxylation is 2. The number of hydrogen-bond donors (Lipinski definition) is 1. The number of nitrogens with one attached hydrogen (secondary N) is 1. The monoisotopic (exact) mass is 467 g/mol. The van der Waals surface area contributed by atoms with Gasteiger partial charge in [-0.3, -0.25) is 0 Å². The van der Waals surface area contributed by atoms with Gasteiger partial charge in [-0.1, -0.05) is 49.4 Å². The highest BCUT2D eigenvalue weighted by Crippen LogP contribution is 2.44. The Hall–Kier alpha value is -3.31. The summed E-state index contributed by atoms with van der Waals surface area (Å²) < 4.78 is 2.33. The largest absolute Gasteiger partial charge is 0.322 e. The molecule has 172 valence electrons. The second-order valence-electron chi connectivity index (χ2n) is 9.22. The van der Waals surface area contributed by atoms with Gasteiger partial charge >= 0.3 is 6.03 Å². The first-order valence-electron chi connectivity index (χ1n) is 12.3. The van der Waals surface area contributed by atoms with Crippen molar-refractivity contribution in [3.63, 3.8) is 0 Å². The average Bonchev–Trinajstić information content (AvgIpc) is 3.47. The van der Waals surface area contributed by atoms with Crippen molar-refractivity contribution in [3.05, 3.63) is 106 Å². The molecule has 0 saturated heterocycles. The van der Waals surface area contributed by atoms with Crippen LogP contribution in [0.1, 0.15) is 58.6 Å². The van der Waals surface area contributed by atoms with Gasteiger partial charge in [-0.05, 0) is 73.1 Å². The summed E-state index contributed by atoms with van der Waals surface area (Å²) in [6.07, 6.45) is 7.90. The summed E-state index contributed by atoms with van der Waals surface area (Å²) >= 11 is 1.92. The van der Waals surface area contributed by atoms with Crippen molar-refractivity contribution in [2.45, 2.75) is 51.6 Å². The Labute approximate surface area is 204 Å². The summed E-state index contributed by atoms with van der Waals surface area (Å²) in [5.74, 6) is 0. The molecular weight excluding hydrogens is 438 g/mol. The third-order valence-corrected chi connectivity index (χ3v) is 8.50. The van der Waals surface area contributed by atoms with Gasteiger partial charge in [0.2, 0.25) is 0 Å². The Kier molecular flexibility index (Phi) is 5.50. The van der Waals surface area contributed by atoms with Gasteiger partial charge in [-0.2, -0.15) is 0 Å². The van der Waals surface area contributed by atoms with Gasteiger partial charge < -0.3 is 14.8 Å². The Morgan fingerprint density at radius 3 is 2.56 bits per heavy atom. The van der Waals surface area contributed by atoms with E-state index in [0.29, 0.717) is 6.54 Å². The fourth-order valence-electron chi connectivity index (χ4n) is 5.39. The highest BCUT2D eigenvalue weighted by Gasteiger charge is 2.36. The fraction of sp³-hybridized carbons (Fsp3) is 0.276. The fourth-order valence-corrected chi connectivity index (χ4v) is 6.80. The van der Waals surface area contributed by atoms with Crippen LogP contribution in [0, 0.1) is 0 Å². The molecule has 4 nitrogen and oxygen atoms in total. The lowest BCUT2D eigenvalue weighted by atomic mass is 9.95. The van der Waals surface area contributed by atoms with E-state index in [1.54, 1.807) is 0 Å². The zero-order chi connectivity index (χ0) is 23.1. The number of urea groups is 1. The molecule has 1 N–H and O–H groups in total. The zero-order valence-electron chi connectivity index (χ0n) is 19.5. The zero-order valence-corrected chi connectivity index (χ0v) is 20.3. The van der Waals surface area contributed by atoms with Gasteiger partial charge in [-0.25, -0.2) is 4.79 Å². The summed E-state index contributed by atoms with van der Waals surface area (Å²) in [4.78, 5) is 17.4. The van der Waals surface area contributed by atoms with Crippen LogP contribution in [0.5, 0.6) is 0 Å². The molecule has 2 aromatic heterocycles. The van der Waals surface area contributed by atoms with Gasteiger partial charge in [-0.15, -0.1) is 11.3 Å². The number of nitrogens with zero attached hydrogens (tertiary/aromatic N) is 2. The van der Waals surface area contributed by atoms with Crippen LogP contribution in [-0.2, 0) is 25.8 Å². The Morgan fingerprint density at radius 1 is 0.971 bits per heavy atom. The molecule has 0 saturated carbocycles. The van der Waals surface area contributed by atoms with Crippen LogP contribution >= 0.6 is 11.3 Å². The maximum absolute atomic E-state index is 13.9. The predicted octanol–water partition coefficient (Wildman–Crippen LogP) is 7.12. The number of anilines is 1. The molecule has 0 spiro atoms. The van der Waals surface area contributed by atoms with Crippen molar-refractivity contribution < 1.29 is 4.79 Å². The quantitative estimate of drug-likeness (QED) is 0.342. The minimum atomic E-state index is -0.162. The van der Waals surface area contributed by atoms with E-state index in [1.165, 1.54) is 39.4 Å². The molecule has 0 fully saturated rings. The van der Waals surface area contributed by atoms with Gasteiger partial charge in [0.15, 0.2) is 0 Å². The van der Waals surface area contributed by atoms with E-state index in [4.69, 9.17) is 0 Å². The number of rotatable bonds is 3. The number of carbonyl (C=O) groups excluding carboxylic acids is 1. The minimum Gasteiger partial charge on any atom is -0.310 e.